The van der Waals surface area contributed by atoms with Gasteiger partial charge in [-0.05, 0) is 31.9 Å². The molecule has 0 spiro atoms. The fraction of sp³-hybridized carbons (Fsp3) is 0.375. The van der Waals surface area contributed by atoms with Gasteiger partial charge in [0.15, 0.2) is 0 Å². The SMILES string of the molecule is CCNc1cc(Nc2ccccc2OC)nc(C2CC2)n1. The summed E-state index contributed by atoms with van der Waals surface area (Å²) >= 11 is 0. The van der Waals surface area contributed by atoms with Gasteiger partial charge in [-0.15, -0.1) is 0 Å². The lowest BCUT2D eigenvalue weighted by Crippen LogP contribution is -2.06. The molecule has 1 aliphatic carbocycles. The first-order chi connectivity index (χ1) is 10.3. The molecule has 1 aromatic carbocycles. The Morgan fingerprint density at radius 3 is 2.67 bits per heavy atom. The van der Waals surface area contributed by atoms with Crippen molar-refractivity contribution in [2.45, 2.75) is 25.7 Å². The third kappa shape index (κ3) is 3.24. The van der Waals surface area contributed by atoms with Crippen LogP contribution in [0.15, 0.2) is 30.3 Å². The molecular weight excluding hydrogens is 264 g/mol. The summed E-state index contributed by atoms with van der Waals surface area (Å²) in [5.74, 6) is 3.90. The maximum absolute atomic E-state index is 5.36. The number of hydrogen-bond donors (Lipinski definition) is 2. The van der Waals surface area contributed by atoms with E-state index in [9.17, 15) is 0 Å². The lowest BCUT2D eigenvalue weighted by atomic mass is 10.3. The predicted octanol–water partition coefficient (Wildman–Crippen LogP) is 3.54. The molecule has 1 aliphatic rings. The van der Waals surface area contributed by atoms with Crippen LogP contribution in [-0.4, -0.2) is 23.6 Å². The minimum Gasteiger partial charge on any atom is -0.495 e. The van der Waals surface area contributed by atoms with Gasteiger partial charge in [-0.3, -0.25) is 0 Å². The van der Waals surface area contributed by atoms with Crippen LogP contribution in [0.1, 0.15) is 31.5 Å². The number of benzene rings is 1. The van der Waals surface area contributed by atoms with Gasteiger partial charge in [-0.1, -0.05) is 12.1 Å². The molecule has 2 aromatic rings. The van der Waals surface area contributed by atoms with E-state index in [-0.39, 0.29) is 0 Å². The van der Waals surface area contributed by atoms with E-state index in [1.54, 1.807) is 7.11 Å². The summed E-state index contributed by atoms with van der Waals surface area (Å²) in [6.07, 6.45) is 2.37. The highest BCUT2D eigenvalue weighted by Crippen LogP contribution is 2.39. The Morgan fingerprint density at radius 1 is 1.19 bits per heavy atom. The van der Waals surface area contributed by atoms with E-state index < -0.39 is 0 Å². The summed E-state index contributed by atoms with van der Waals surface area (Å²) < 4.78 is 5.36. The molecule has 2 N–H and O–H groups in total. The molecule has 0 radical (unpaired) electrons. The monoisotopic (exact) mass is 284 g/mol. The predicted molar refractivity (Wildman–Crippen MR) is 84.4 cm³/mol. The summed E-state index contributed by atoms with van der Waals surface area (Å²) in [6, 6.07) is 9.76. The largest absolute Gasteiger partial charge is 0.495 e. The molecule has 21 heavy (non-hydrogen) atoms. The number of aromatic nitrogens is 2. The normalized spacial score (nSPS) is 13.8. The van der Waals surface area contributed by atoms with Gasteiger partial charge in [0.2, 0.25) is 0 Å². The standard InChI is InChI=1S/C16H20N4O/c1-3-17-14-10-15(20-16(19-14)11-8-9-11)18-12-6-4-5-7-13(12)21-2/h4-7,10-11H,3,8-9H2,1-2H3,(H2,17,18,19,20). The fourth-order valence-electron chi connectivity index (χ4n) is 2.21. The first kappa shape index (κ1) is 13.7. The zero-order chi connectivity index (χ0) is 14.7. The van der Waals surface area contributed by atoms with Gasteiger partial charge >= 0.3 is 0 Å². The number of rotatable bonds is 6. The van der Waals surface area contributed by atoms with Gasteiger partial charge in [0, 0.05) is 18.5 Å². The number of para-hydroxylation sites is 2. The van der Waals surface area contributed by atoms with Crippen molar-refractivity contribution in [3.05, 3.63) is 36.2 Å². The average molecular weight is 284 g/mol. The minimum absolute atomic E-state index is 0.516. The summed E-state index contributed by atoms with van der Waals surface area (Å²) in [4.78, 5) is 9.21. The Balaban J connectivity index is 1.89. The van der Waals surface area contributed by atoms with Crippen molar-refractivity contribution >= 4 is 17.3 Å². The first-order valence-electron chi connectivity index (χ1n) is 7.33. The summed E-state index contributed by atoms with van der Waals surface area (Å²) in [5.41, 5.74) is 0.905. The second-order valence-corrected chi connectivity index (χ2v) is 5.13. The van der Waals surface area contributed by atoms with Gasteiger partial charge in [0.25, 0.3) is 0 Å². The van der Waals surface area contributed by atoms with Crippen LogP contribution in [0.3, 0.4) is 0 Å². The van der Waals surface area contributed by atoms with E-state index in [1.165, 1.54) is 12.8 Å². The van der Waals surface area contributed by atoms with E-state index >= 15 is 0 Å². The Bertz CT molecular complexity index is 625. The molecule has 0 saturated heterocycles. The molecule has 110 valence electrons. The van der Waals surface area contributed by atoms with E-state index in [0.717, 1.165) is 35.4 Å². The average Bonchev–Trinajstić information content (AvgIpc) is 3.32. The van der Waals surface area contributed by atoms with Crippen LogP contribution in [0, 0.1) is 0 Å². The molecule has 0 unspecified atom stereocenters. The van der Waals surface area contributed by atoms with Crippen molar-refractivity contribution in [3.63, 3.8) is 0 Å². The molecule has 5 nitrogen and oxygen atoms in total. The molecule has 1 aromatic heterocycles. The molecule has 0 aliphatic heterocycles. The van der Waals surface area contributed by atoms with Crippen molar-refractivity contribution in [3.8, 4) is 5.75 Å². The highest BCUT2D eigenvalue weighted by atomic mass is 16.5. The zero-order valence-corrected chi connectivity index (χ0v) is 12.4. The van der Waals surface area contributed by atoms with Crippen LogP contribution in [0.5, 0.6) is 5.75 Å². The Hall–Kier alpha value is -2.30. The van der Waals surface area contributed by atoms with E-state index in [4.69, 9.17) is 4.74 Å². The number of hydrogen-bond acceptors (Lipinski definition) is 5. The van der Waals surface area contributed by atoms with Crippen LogP contribution in [0.25, 0.3) is 0 Å². The molecule has 0 bridgehead atoms. The Kier molecular flexibility index (Phi) is 3.90. The third-order valence-corrected chi connectivity index (χ3v) is 3.41. The second-order valence-electron chi connectivity index (χ2n) is 5.13. The highest BCUT2D eigenvalue weighted by Gasteiger charge is 2.27. The number of methoxy groups -OCH3 is 1. The molecule has 0 amide bonds. The van der Waals surface area contributed by atoms with E-state index in [0.29, 0.717) is 5.92 Å². The van der Waals surface area contributed by atoms with Gasteiger partial charge < -0.3 is 15.4 Å². The van der Waals surface area contributed by atoms with Gasteiger partial charge in [-0.25, -0.2) is 9.97 Å². The third-order valence-electron chi connectivity index (χ3n) is 3.41. The number of nitrogens with one attached hydrogen (secondary N) is 2. The maximum atomic E-state index is 5.36. The van der Waals surface area contributed by atoms with Crippen molar-refractivity contribution in [1.82, 2.24) is 9.97 Å². The number of anilines is 3. The van der Waals surface area contributed by atoms with Gasteiger partial charge in [0.1, 0.15) is 23.2 Å². The number of ether oxygens (including phenoxy) is 1. The summed E-state index contributed by atoms with van der Waals surface area (Å²) in [6.45, 7) is 2.90. The van der Waals surface area contributed by atoms with Crippen LogP contribution in [-0.2, 0) is 0 Å². The molecule has 0 atom stereocenters. The second kappa shape index (κ2) is 5.99. The van der Waals surface area contributed by atoms with Crippen molar-refractivity contribution in [2.24, 2.45) is 0 Å². The zero-order valence-electron chi connectivity index (χ0n) is 12.4. The van der Waals surface area contributed by atoms with Gasteiger partial charge in [-0.2, -0.15) is 0 Å². The molecule has 1 saturated carbocycles. The molecule has 5 heteroatoms. The van der Waals surface area contributed by atoms with Crippen LogP contribution >= 0.6 is 0 Å². The highest BCUT2D eigenvalue weighted by molar-refractivity contribution is 5.65. The molecular formula is C16H20N4O. The van der Waals surface area contributed by atoms with Crippen molar-refractivity contribution in [1.29, 1.82) is 0 Å². The topological polar surface area (TPSA) is 59.1 Å². The van der Waals surface area contributed by atoms with Crippen LogP contribution in [0.2, 0.25) is 0 Å². The maximum Gasteiger partial charge on any atom is 0.142 e. The molecule has 3 rings (SSSR count). The smallest absolute Gasteiger partial charge is 0.142 e. The van der Waals surface area contributed by atoms with E-state index in [2.05, 4.69) is 27.5 Å². The quantitative estimate of drug-likeness (QED) is 0.849. The van der Waals surface area contributed by atoms with Crippen LogP contribution in [0.4, 0.5) is 17.3 Å². The van der Waals surface area contributed by atoms with Gasteiger partial charge in [0.05, 0.1) is 12.8 Å². The molecule has 1 fully saturated rings. The lowest BCUT2D eigenvalue weighted by molar-refractivity contribution is 0.417. The first-order valence-corrected chi connectivity index (χ1v) is 7.33. The Labute approximate surface area is 124 Å². The lowest BCUT2D eigenvalue weighted by Gasteiger charge is -2.12. The Morgan fingerprint density at radius 2 is 1.95 bits per heavy atom. The summed E-state index contributed by atoms with van der Waals surface area (Å²) in [5, 5.41) is 6.59. The molecule has 1 heterocycles. The minimum atomic E-state index is 0.516. The number of nitrogens with zero attached hydrogens (tertiary/aromatic N) is 2. The van der Waals surface area contributed by atoms with Crippen molar-refractivity contribution in [2.75, 3.05) is 24.3 Å². The van der Waals surface area contributed by atoms with Crippen LogP contribution < -0.4 is 15.4 Å². The van der Waals surface area contributed by atoms with Crippen molar-refractivity contribution < 1.29 is 4.74 Å². The fourth-order valence-corrected chi connectivity index (χ4v) is 2.21. The summed E-state index contributed by atoms with van der Waals surface area (Å²) in [7, 11) is 1.67. The van der Waals surface area contributed by atoms with E-state index in [1.807, 2.05) is 30.3 Å².